The Hall–Kier alpha value is -0.940. The molecule has 0 heterocycles. The van der Waals surface area contributed by atoms with Gasteiger partial charge in [-0.05, 0) is 36.3 Å². The highest BCUT2D eigenvalue weighted by Gasteiger charge is 2.27. The summed E-state index contributed by atoms with van der Waals surface area (Å²) < 4.78 is 21.5. The number of carbonyl (C=O) groups excluding carboxylic acids is 1. The maximum Gasteiger partial charge on any atom is 0.247 e. The first-order chi connectivity index (χ1) is 7.58. The first-order valence-corrected chi connectivity index (χ1v) is 6.46. The Kier molecular flexibility index (Phi) is 3.25. The van der Waals surface area contributed by atoms with Crippen LogP contribution in [0.2, 0.25) is 0 Å². The number of allylic oxidation sites excluding steroid dienone is 3. The predicted molar refractivity (Wildman–Crippen MR) is 60.0 cm³/mol. The molecule has 0 radical (unpaired) electrons. The van der Waals surface area contributed by atoms with E-state index in [9.17, 15) is 13.6 Å². The molecule has 2 rings (SSSR count). The van der Waals surface area contributed by atoms with Crippen molar-refractivity contribution in [1.82, 2.24) is 5.32 Å². The van der Waals surface area contributed by atoms with Crippen LogP contribution < -0.4 is 5.32 Å². The zero-order valence-electron chi connectivity index (χ0n) is 9.06. The van der Waals surface area contributed by atoms with Gasteiger partial charge in [0.15, 0.2) is 0 Å². The van der Waals surface area contributed by atoms with Gasteiger partial charge in [0.1, 0.15) is 0 Å². The van der Waals surface area contributed by atoms with Crippen LogP contribution >= 0.6 is 0 Å². The first-order valence-electron chi connectivity index (χ1n) is 5.39. The fourth-order valence-electron chi connectivity index (χ4n) is 1.75. The summed E-state index contributed by atoms with van der Waals surface area (Å²) >= 11 is -2.16. The van der Waals surface area contributed by atoms with Gasteiger partial charge >= 0.3 is 0 Å². The summed E-state index contributed by atoms with van der Waals surface area (Å²) in [5.41, 5.74) is 0.682. The number of carbonyl (C=O) groups is 1. The maximum absolute atomic E-state index is 11.8. The van der Waals surface area contributed by atoms with Gasteiger partial charge in [-0.1, -0.05) is 19.1 Å². The fourth-order valence-corrected chi connectivity index (χ4v) is 2.31. The third-order valence-electron chi connectivity index (χ3n) is 2.88. The molecule has 2 aliphatic carbocycles. The molecule has 1 fully saturated rings. The predicted octanol–water partition coefficient (Wildman–Crippen LogP) is 0.994. The average Bonchev–Trinajstić information content (AvgIpc) is 3.01. The van der Waals surface area contributed by atoms with E-state index in [1.165, 1.54) is 6.08 Å². The Labute approximate surface area is 97.1 Å². The van der Waals surface area contributed by atoms with E-state index in [2.05, 4.69) is 5.32 Å². The lowest BCUT2D eigenvalue weighted by molar-refractivity contribution is -0.118. The van der Waals surface area contributed by atoms with Crippen LogP contribution in [0.1, 0.15) is 26.2 Å². The van der Waals surface area contributed by atoms with Gasteiger partial charge in [-0.15, -0.1) is 0 Å². The molecular weight excluding hydrogens is 226 g/mol. The molecule has 2 unspecified atom stereocenters. The van der Waals surface area contributed by atoms with Crippen LogP contribution in [0, 0.1) is 5.92 Å². The number of amides is 1. The minimum atomic E-state index is -2.16. The lowest BCUT2D eigenvalue weighted by atomic mass is 9.92. The monoisotopic (exact) mass is 240 g/mol. The number of nitrogens with one attached hydrogen (secondary N) is 1. The van der Waals surface area contributed by atoms with Crippen molar-refractivity contribution in [3.05, 3.63) is 22.6 Å². The molecule has 1 amide bonds. The fraction of sp³-hybridized carbons (Fsp3) is 0.545. The highest BCUT2D eigenvalue weighted by Crippen LogP contribution is 2.27. The molecule has 0 aliphatic heterocycles. The van der Waals surface area contributed by atoms with Gasteiger partial charge in [-0.25, -0.2) is 0 Å². The van der Waals surface area contributed by atoms with Gasteiger partial charge in [0.05, 0.1) is 0 Å². The molecule has 0 saturated heterocycles. The van der Waals surface area contributed by atoms with E-state index in [1.54, 1.807) is 6.08 Å². The van der Waals surface area contributed by atoms with Crippen molar-refractivity contribution < 1.29 is 13.6 Å². The molecule has 2 aliphatic rings. The van der Waals surface area contributed by atoms with E-state index >= 15 is 0 Å². The summed E-state index contributed by atoms with van der Waals surface area (Å²) in [6.07, 6.45) is 5.67. The van der Waals surface area contributed by atoms with Crippen molar-refractivity contribution in [3.8, 4) is 0 Å². The number of rotatable bonds is 3. The standard InChI is InChI=1S/C11H15NO3S/c1-7-6-9(16(14)15)4-5-10(7)11(13)12-8-2-3-8/h4-5,7-8H,2-3,6H2,1H3,(H,12,13)(H,14,15)/p-1. The second-order valence-corrected chi connectivity index (χ2v) is 5.34. The van der Waals surface area contributed by atoms with Gasteiger partial charge in [-0.2, -0.15) is 0 Å². The molecule has 0 spiro atoms. The van der Waals surface area contributed by atoms with E-state index in [-0.39, 0.29) is 11.8 Å². The number of hydrogen-bond acceptors (Lipinski definition) is 3. The van der Waals surface area contributed by atoms with Crippen molar-refractivity contribution >= 4 is 17.0 Å². The third kappa shape index (κ3) is 2.59. The molecule has 5 heteroatoms. The van der Waals surface area contributed by atoms with Crippen LogP contribution in [0.5, 0.6) is 0 Å². The van der Waals surface area contributed by atoms with E-state index in [0.717, 1.165) is 12.8 Å². The highest BCUT2D eigenvalue weighted by atomic mass is 32.2. The van der Waals surface area contributed by atoms with Crippen molar-refractivity contribution in [1.29, 1.82) is 0 Å². The molecule has 1 N–H and O–H groups in total. The normalized spacial score (nSPS) is 26.8. The molecule has 0 bridgehead atoms. The minimum absolute atomic E-state index is 0.0309. The quantitative estimate of drug-likeness (QED) is 0.748. The molecule has 1 saturated carbocycles. The largest absolute Gasteiger partial charge is 0.769 e. The molecule has 88 valence electrons. The summed E-state index contributed by atoms with van der Waals surface area (Å²) in [6.45, 7) is 1.87. The second kappa shape index (κ2) is 4.51. The van der Waals surface area contributed by atoms with E-state index in [4.69, 9.17) is 0 Å². The zero-order valence-corrected chi connectivity index (χ0v) is 9.88. The Morgan fingerprint density at radius 3 is 2.69 bits per heavy atom. The van der Waals surface area contributed by atoms with Gasteiger partial charge < -0.3 is 9.87 Å². The topological polar surface area (TPSA) is 69.2 Å². The highest BCUT2D eigenvalue weighted by molar-refractivity contribution is 7.83. The van der Waals surface area contributed by atoms with Crippen LogP contribution in [0.3, 0.4) is 0 Å². The third-order valence-corrected chi connectivity index (χ3v) is 3.61. The lowest BCUT2D eigenvalue weighted by Gasteiger charge is -2.22. The van der Waals surface area contributed by atoms with Crippen LogP contribution in [-0.2, 0) is 15.9 Å². The van der Waals surface area contributed by atoms with Crippen molar-refractivity contribution in [2.75, 3.05) is 0 Å². The SMILES string of the molecule is CC1CC(S(=O)[O-])=CC=C1C(=O)NC1CC1. The molecular formula is C11H14NO3S-. The number of hydrogen-bond donors (Lipinski definition) is 1. The van der Waals surface area contributed by atoms with Gasteiger partial charge in [0, 0.05) is 16.5 Å². The van der Waals surface area contributed by atoms with E-state index < -0.39 is 11.1 Å². The minimum Gasteiger partial charge on any atom is -0.769 e. The summed E-state index contributed by atoms with van der Waals surface area (Å²) in [7, 11) is 0. The average molecular weight is 240 g/mol. The molecule has 0 aromatic heterocycles. The smallest absolute Gasteiger partial charge is 0.247 e. The van der Waals surface area contributed by atoms with E-state index in [1.807, 2.05) is 6.92 Å². The van der Waals surface area contributed by atoms with Gasteiger partial charge in [-0.3, -0.25) is 9.00 Å². The second-order valence-electron chi connectivity index (χ2n) is 4.34. The molecule has 2 atom stereocenters. The molecule has 4 nitrogen and oxygen atoms in total. The molecule has 0 aromatic carbocycles. The maximum atomic E-state index is 11.8. The van der Waals surface area contributed by atoms with Crippen LogP contribution in [0.4, 0.5) is 0 Å². The lowest BCUT2D eigenvalue weighted by Crippen LogP contribution is -2.30. The summed E-state index contributed by atoms with van der Waals surface area (Å²) in [4.78, 5) is 12.1. The van der Waals surface area contributed by atoms with Crippen molar-refractivity contribution in [2.45, 2.75) is 32.2 Å². The Morgan fingerprint density at radius 1 is 1.50 bits per heavy atom. The molecule has 0 aromatic rings. The summed E-state index contributed by atoms with van der Waals surface area (Å²) in [5.74, 6) is -0.0846. The van der Waals surface area contributed by atoms with Crippen LogP contribution in [-0.4, -0.2) is 20.7 Å². The van der Waals surface area contributed by atoms with Crippen molar-refractivity contribution in [2.24, 2.45) is 5.92 Å². The van der Waals surface area contributed by atoms with E-state index in [0.29, 0.717) is 22.9 Å². The Balaban J connectivity index is 2.08. The summed E-state index contributed by atoms with van der Waals surface area (Å²) in [6, 6.07) is 0.333. The Bertz CT molecular complexity index is 396. The zero-order chi connectivity index (χ0) is 11.7. The molecule has 16 heavy (non-hydrogen) atoms. The van der Waals surface area contributed by atoms with Crippen LogP contribution in [0.15, 0.2) is 22.6 Å². The Morgan fingerprint density at radius 2 is 2.19 bits per heavy atom. The van der Waals surface area contributed by atoms with Crippen LogP contribution in [0.25, 0.3) is 0 Å². The van der Waals surface area contributed by atoms with Gasteiger partial charge in [0.2, 0.25) is 5.91 Å². The van der Waals surface area contributed by atoms with Crippen molar-refractivity contribution in [3.63, 3.8) is 0 Å². The first kappa shape index (κ1) is 11.5. The summed E-state index contributed by atoms with van der Waals surface area (Å²) in [5, 5.41) is 2.91. The van der Waals surface area contributed by atoms with Gasteiger partial charge in [0.25, 0.3) is 0 Å².